The number of nitrogens with zero attached hydrogens (tertiary/aromatic N) is 1. The van der Waals surface area contributed by atoms with Gasteiger partial charge in [0.2, 0.25) is 0 Å². The van der Waals surface area contributed by atoms with Gasteiger partial charge >= 0.3 is 0 Å². The molecule has 1 fully saturated rings. The Morgan fingerprint density at radius 2 is 2.20 bits per heavy atom. The lowest BCUT2D eigenvalue weighted by molar-refractivity contribution is 0.189. The van der Waals surface area contributed by atoms with Gasteiger partial charge in [0.05, 0.1) is 0 Å². The van der Waals surface area contributed by atoms with Gasteiger partial charge in [0.15, 0.2) is 0 Å². The van der Waals surface area contributed by atoms with Crippen molar-refractivity contribution in [1.29, 1.82) is 0 Å². The van der Waals surface area contributed by atoms with Crippen LogP contribution in [0.2, 0.25) is 0 Å². The minimum Gasteiger partial charge on any atom is -0.315 e. The molecule has 15 heavy (non-hydrogen) atoms. The molecule has 0 aliphatic carbocycles. The highest BCUT2D eigenvalue weighted by atomic mass is 15.2. The fraction of sp³-hybridized carbons (Fsp3) is 1.00. The molecule has 2 N–H and O–H groups in total. The van der Waals surface area contributed by atoms with E-state index in [2.05, 4.69) is 43.4 Å². The Morgan fingerprint density at radius 3 is 2.80 bits per heavy atom. The lowest BCUT2D eigenvalue weighted by atomic mass is 9.90. The zero-order chi connectivity index (χ0) is 11.3. The van der Waals surface area contributed by atoms with Gasteiger partial charge in [0, 0.05) is 38.8 Å². The highest BCUT2D eigenvalue weighted by Gasteiger charge is 2.19. The number of hydrogen-bond donors (Lipinski definition) is 2. The molecule has 0 amide bonds. The van der Waals surface area contributed by atoms with Crippen molar-refractivity contribution >= 4 is 0 Å². The first kappa shape index (κ1) is 12.9. The van der Waals surface area contributed by atoms with Crippen molar-refractivity contribution in [2.45, 2.75) is 33.2 Å². The molecule has 1 atom stereocenters. The average Bonchev–Trinajstić information content (AvgIpc) is 2.21. The van der Waals surface area contributed by atoms with Crippen molar-refractivity contribution < 1.29 is 0 Å². The van der Waals surface area contributed by atoms with Crippen molar-refractivity contribution in [3.05, 3.63) is 0 Å². The number of piperazine rings is 1. The smallest absolute Gasteiger partial charge is 0.0342 e. The molecule has 0 saturated carbocycles. The summed E-state index contributed by atoms with van der Waals surface area (Å²) in [4.78, 5) is 2.45. The van der Waals surface area contributed by atoms with Crippen LogP contribution in [0, 0.1) is 5.41 Å². The van der Waals surface area contributed by atoms with E-state index in [-0.39, 0.29) is 0 Å². The van der Waals surface area contributed by atoms with Crippen LogP contribution in [-0.2, 0) is 0 Å². The quantitative estimate of drug-likeness (QED) is 0.711. The van der Waals surface area contributed by atoms with E-state index in [1.165, 1.54) is 13.0 Å². The van der Waals surface area contributed by atoms with E-state index in [1.807, 2.05) is 0 Å². The Labute approximate surface area is 94.6 Å². The molecule has 0 radical (unpaired) electrons. The molecule has 0 spiro atoms. The summed E-state index contributed by atoms with van der Waals surface area (Å²) in [5.74, 6) is 0. The fourth-order valence-electron chi connectivity index (χ4n) is 1.79. The lowest BCUT2D eigenvalue weighted by Crippen LogP contribution is -2.53. The maximum atomic E-state index is 3.60. The summed E-state index contributed by atoms with van der Waals surface area (Å²) in [7, 11) is 2.22. The van der Waals surface area contributed by atoms with E-state index in [1.54, 1.807) is 0 Å². The van der Waals surface area contributed by atoms with Crippen molar-refractivity contribution in [3.63, 3.8) is 0 Å². The van der Waals surface area contributed by atoms with Crippen molar-refractivity contribution in [2.24, 2.45) is 5.41 Å². The largest absolute Gasteiger partial charge is 0.315 e. The van der Waals surface area contributed by atoms with E-state index in [9.17, 15) is 0 Å². The van der Waals surface area contributed by atoms with Crippen LogP contribution in [-0.4, -0.2) is 50.7 Å². The van der Waals surface area contributed by atoms with Gasteiger partial charge in [-0.25, -0.2) is 0 Å². The fourth-order valence-corrected chi connectivity index (χ4v) is 1.79. The van der Waals surface area contributed by atoms with Crippen LogP contribution >= 0.6 is 0 Å². The summed E-state index contributed by atoms with van der Waals surface area (Å²) >= 11 is 0. The van der Waals surface area contributed by atoms with Gasteiger partial charge in [0.25, 0.3) is 0 Å². The Morgan fingerprint density at radius 1 is 1.47 bits per heavy atom. The molecule has 1 heterocycles. The van der Waals surface area contributed by atoms with Gasteiger partial charge in [-0.1, -0.05) is 20.8 Å². The molecule has 1 aliphatic heterocycles. The predicted molar refractivity (Wildman–Crippen MR) is 66.2 cm³/mol. The SMILES string of the molecule is CCC(C)(C)CNCC1CNCCN1C. The van der Waals surface area contributed by atoms with Crippen LogP contribution < -0.4 is 10.6 Å². The van der Waals surface area contributed by atoms with Crippen molar-refractivity contribution in [2.75, 3.05) is 39.8 Å². The van der Waals surface area contributed by atoms with Crippen LogP contribution in [0.15, 0.2) is 0 Å². The first-order valence-corrected chi connectivity index (χ1v) is 6.17. The second kappa shape index (κ2) is 5.83. The number of hydrogen-bond acceptors (Lipinski definition) is 3. The zero-order valence-electron chi connectivity index (χ0n) is 10.8. The summed E-state index contributed by atoms with van der Waals surface area (Å²) in [6.07, 6.45) is 1.23. The Hall–Kier alpha value is -0.120. The van der Waals surface area contributed by atoms with Gasteiger partial charge in [0.1, 0.15) is 0 Å². The minimum atomic E-state index is 0.431. The van der Waals surface area contributed by atoms with Gasteiger partial charge < -0.3 is 10.6 Å². The summed E-state index contributed by atoms with van der Waals surface area (Å²) in [5.41, 5.74) is 0.431. The standard InChI is InChI=1S/C12H27N3/c1-5-12(2,3)10-14-9-11-8-13-6-7-15(11)4/h11,13-14H,5-10H2,1-4H3. The maximum Gasteiger partial charge on any atom is 0.0342 e. The molecule has 1 rings (SSSR count). The molecule has 1 saturated heterocycles. The second-order valence-electron chi connectivity index (χ2n) is 5.49. The highest BCUT2D eigenvalue weighted by Crippen LogP contribution is 2.17. The molecular weight excluding hydrogens is 186 g/mol. The van der Waals surface area contributed by atoms with Gasteiger partial charge in [-0.3, -0.25) is 4.90 Å². The van der Waals surface area contributed by atoms with Crippen LogP contribution in [0.1, 0.15) is 27.2 Å². The molecular formula is C12H27N3. The summed E-state index contributed by atoms with van der Waals surface area (Å²) in [5, 5.41) is 7.04. The first-order chi connectivity index (χ1) is 7.05. The minimum absolute atomic E-state index is 0.431. The summed E-state index contributed by atoms with van der Waals surface area (Å²) in [6, 6.07) is 0.659. The van der Waals surface area contributed by atoms with E-state index in [4.69, 9.17) is 0 Å². The van der Waals surface area contributed by atoms with Crippen molar-refractivity contribution in [3.8, 4) is 0 Å². The van der Waals surface area contributed by atoms with Crippen LogP contribution in [0.4, 0.5) is 0 Å². The van der Waals surface area contributed by atoms with Crippen LogP contribution in [0.3, 0.4) is 0 Å². The topological polar surface area (TPSA) is 27.3 Å². The molecule has 90 valence electrons. The third-order valence-corrected chi connectivity index (χ3v) is 3.59. The Balaban J connectivity index is 2.19. The third-order valence-electron chi connectivity index (χ3n) is 3.59. The molecule has 0 aromatic rings. The third kappa shape index (κ3) is 4.49. The summed E-state index contributed by atoms with van der Waals surface area (Å²) < 4.78 is 0. The Bertz CT molecular complexity index is 180. The van der Waals surface area contributed by atoms with Gasteiger partial charge in [-0.2, -0.15) is 0 Å². The highest BCUT2D eigenvalue weighted by molar-refractivity contribution is 4.80. The Kier molecular flexibility index (Phi) is 5.03. The lowest BCUT2D eigenvalue weighted by Gasteiger charge is -2.34. The normalized spacial score (nSPS) is 24.4. The molecule has 3 heteroatoms. The van der Waals surface area contributed by atoms with Crippen molar-refractivity contribution in [1.82, 2.24) is 15.5 Å². The molecule has 0 aromatic carbocycles. The molecule has 0 bridgehead atoms. The predicted octanol–water partition coefficient (Wildman–Crippen LogP) is 0.916. The van der Waals surface area contributed by atoms with Gasteiger partial charge in [-0.05, 0) is 18.9 Å². The first-order valence-electron chi connectivity index (χ1n) is 6.17. The van der Waals surface area contributed by atoms with Gasteiger partial charge in [-0.15, -0.1) is 0 Å². The van der Waals surface area contributed by atoms with E-state index in [0.717, 1.165) is 26.2 Å². The number of likely N-dealkylation sites (N-methyl/N-ethyl adjacent to an activating group) is 1. The molecule has 1 aliphatic rings. The molecule has 3 nitrogen and oxygen atoms in total. The number of nitrogens with one attached hydrogen (secondary N) is 2. The maximum absolute atomic E-state index is 3.60. The average molecular weight is 213 g/mol. The summed E-state index contributed by atoms with van der Waals surface area (Å²) in [6.45, 7) is 12.6. The van der Waals surface area contributed by atoms with E-state index < -0.39 is 0 Å². The van der Waals surface area contributed by atoms with E-state index in [0.29, 0.717) is 11.5 Å². The zero-order valence-corrected chi connectivity index (χ0v) is 10.8. The number of rotatable bonds is 5. The van der Waals surface area contributed by atoms with E-state index >= 15 is 0 Å². The molecule has 0 aromatic heterocycles. The van der Waals surface area contributed by atoms with Crippen LogP contribution in [0.5, 0.6) is 0 Å². The van der Waals surface area contributed by atoms with Crippen LogP contribution in [0.25, 0.3) is 0 Å². The molecule has 1 unspecified atom stereocenters. The second-order valence-corrected chi connectivity index (χ2v) is 5.49. The monoisotopic (exact) mass is 213 g/mol.